The average molecular weight is 379 g/mol. The number of hydrogen-bond donors (Lipinski definition) is 0. The lowest BCUT2D eigenvalue weighted by Crippen LogP contribution is -2.59. The molecule has 4 atom stereocenters. The molecule has 0 radical (unpaired) electrons. The van der Waals surface area contributed by atoms with Crippen molar-refractivity contribution in [3.8, 4) is 0 Å². The van der Waals surface area contributed by atoms with Gasteiger partial charge in [-0.15, -0.1) is 0 Å². The number of fused-ring (bicyclic) bond motifs is 2. The Labute approximate surface area is 159 Å². The quantitative estimate of drug-likeness (QED) is 0.605. The molecule has 27 heavy (non-hydrogen) atoms. The zero-order valence-corrected chi connectivity index (χ0v) is 15.9. The predicted octanol–water partition coefficient (Wildman–Crippen LogP) is 3.61. The van der Waals surface area contributed by atoms with E-state index in [0.717, 1.165) is 30.3 Å². The number of rotatable bonds is 3. The Morgan fingerprint density at radius 2 is 1.78 bits per heavy atom. The van der Waals surface area contributed by atoms with Crippen LogP contribution in [0.4, 0.5) is 5.69 Å². The number of aldehydes is 1. The van der Waals surface area contributed by atoms with Gasteiger partial charge in [0.2, 0.25) is 0 Å². The van der Waals surface area contributed by atoms with E-state index in [9.17, 15) is 13.2 Å². The lowest BCUT2D eigenvalue weighted by Gasteiger charge is -2.50. The summed E-state index contributed by atoms with van der Waals surface area (Å²) in [5.74, 6) is 0.0946. The minimum absolute atomic E-state index is 0.0457. The molecule has 0 amide bonds. The van der Waals surface area contributed by atoms with E-state index >= 15 is 0 Å². The van der Waals surface area contributed by atoms with Crippen LogP contribution in [0.3, 0.4) is 0 Å². The van der Waals surface area contributed by atoms with Crippen LogP contribution >= 0.6 is 0 Å². The fourth-order valence-electron chi connectivity index (χ4n) is 5.31. The molecular weight excluding hydrogens is 358 g/mol. The number of anilines is 1. The second-order valence-electron chi connectivity index (χ2n) is 7.86. The Morgan fingerprint density at radius 1 is 1.04 bits per heavy atom. The Bertz CT molecular complexity index is 1060. The number of allylic oxidation sites excluding steroid dienone is 1. The van der Waals surface area contributed by atoms with Crippen LogP contribution in [0, 0.1) is 18.8 Å². The molecule has 2 bridgehead atoms. The third-order valence-corrected chi connectivity index (χ3v) is 8.35. The normalized spacial score (nSPS) is 30.9. The van der Waals surface area contributed by atoms with Gasteiger partial charge < -0.3 is 4.79 Å². The Balaban J connectivity index is 1.77. The Hall–Kier alpha value is -2.40. The van der Waals surface area contributed by atoms with Gasteiger partial charge >= 0.3 is 0 Å². The minimum atomic E-state index is -3.77. The highest BCUT2D eigenvalue weighted by atomic mass is 32.2. The number of carbonyl (C=O) groups is 1. The van der Waals surface area contributed by atoms with Crippen molar-refractivity contribution in [2.24, 2.45) is 11.8 Å². The summed E-state index contributed by atoms with van der Waals surface area (Å²) >= 11 is 0. The van der Waals surface area contributed by atoms with Crippen molar-refractivity contribution in [3.05, 3.63) is 71.8 Å². The van der Waals surface area contributed by atoms with E-state index in [1.165, 1.54) is 0 Å². The van der Waals surface area contributed by atoms with Crippen molar-refractivity contribution in [3.63, 3.8) is 0 Å². The van der Waals surface area contributed by atoms with Crippen molar-refractivity contribution in [1.82, 2.24) is 0 Å². The molecule has 1 heterocycles. The summed E-state index contributed by atoms with van der Waals surface area (Å²) in [6.07, 6.45) is 7.09. The first kappa shape index (κ1) is 16.8. The zero-order chi connectivity index (χ0) is 18.8. The van der Waals surface area contributed by atoms with Gasteiger partial charge in [0.15, 0.2) is 0 Å². The Kier molecular flexibility index (Phi) is 3.44. The number of benzene rings is 2. The maximum absolute atomic E-state index is 13.7. The monoisotopic (exact) mass is 379 g/mol. The number of aryl methyl sites for hydroxylation is 1. The predicted molar refractivity (Wildman–Crippen MR) is 104 cm³/mol. The van der Waals surface area contributed by atoms with E-state index in [1.54, 1.807) is 16.4 Å². The molecule has 0 unspecified atom stereocenters. The van der Waals surface area contributed by atoms with Gasteiger partial charge in [0, 0.05) is 0 Å². The smallest absolute Gasteiger partial charge is 0.264 e. The fraction of sp³-hybridized carbons (Fsp3) is 0.318. The lowest BCUT2D eigenvalue weighted by atomic mass is 9.56. The molecule has 1 saturated carbocycles. The largest absolute Gasteiger partial charge is 0.302 e. The number of carbonyl (C=O) groups excluding carboxylic acids is 1. The van der Waals surface area contributed by atoms with E-state index in [2.05, 4.69) is 12.2 Å². The summed E-state index contributed by atoms with van der Waals surface area (Å²) in [5, 5.41) is 0. The van der Waals surface area contributed by atoms with E-state index in [4.69, 9.17) is 0 Å². The van der Waals surface area contributed by atoms with Gasteiger partial charge in [-0.25, -0.2) is 8.42 Å². The van der Waals surface area contributed by atoms with Gasteiger partial charge in [-0.2, -0.15) is 0 Å². The SMILES string of the molecule is Cc1ccc(S(=O)(=O)N2c3ccccc3[C@@]3(C=O)[C@@H]2[C@@H]2C=C[C@H]3CC2)cc1. The van der Waals surface area contributed by atoms with Crippen molar-refractivity contribution < 1.29 is 13.2 Å². The van der Waals surface area contributed by atoms with Crippen molar-refractivity contribution in [1.29, 1.82) is 0 Å². The van der Waals surface area contributed by atoms with Gasteiger partial charge in [0.1, 0.15) is 6.29 Å². The van der Waals surface area contributed by atoms with Crippen LogP contribution in [0.25, 0.3) is 0 Å². The second kappa shape index (κ2) is 5.55. The summed E-state index contributed by atoms with van der Waals surface area (Å²) in [7, 11) is -3.77. The van der Waals surface area contributed by atoms with Crippen LogP contribution in [0.2, 0.25) is 0 Å². The van der Waals surface area contributed by atoms with E-state index in [0.29, 0.717) is 5.69 Å². The lowest BCUT2D eigenvalue weighted by molar-refractivity contribution is -0.116. The topological polar surface area (TPSA) is 54.5 Å². The molecule has 2 aromatic rings. The van der Waals surface area contributed by atoms with E-state index < -0.39 is 15.4 Å². The van der Waals surface area contributed by atoms with Crippen LogP contribution in [-0.2, 0) is 20.2 Å². The van der Waals surface area contributed by atoms with Gasteiger partial charge in [-0.05, 0) is 55.4 Å². The summed E-state index contributed by atoms with van der Waals surface area (Å²) in [5.41, 5.74) is 1.72. The first-order chi connectivity index (χ1) is 13.0. The summed E-state index contributed by atoms with van der Waals surface area (Å²) in [4.78, 5) is 12.8. The van der Waals surface area contributed by atoms with Gasteiger partial charge in [-0.1, -0.05) is 48.0 Å². The molecule has 4 nitrogen and oxygen atoms in total. The third kappa shape index (κ3) is 2.03. The molecule has 0 N–H and O–H groups in total. The molecule has 0 saturated heterocycles. The average Bonchev–Trinajstić information content (AvgIpc) is 3.03. The highest BCUT2D eigenvalue weighted by Gasteiger charge is 2.63. The van der Waals surface area contributed by atoms with Crippen molar-refractivity contribution in [2.75, 3.05) is 4.31 Å². The molecule has 1 fully saturated rings. The van der Waals surface area contributed by atoms with Gasteiger partial charge in [-0.3, -0.25) is 4.31 Å². The molecule has 6 rings (SSSR count). The number of nitrogens with zero attached hydrogens (tertiary/aromatic N) is 1. The fourth-order valence-corrected chi connectivity index (χ4v) is 7.06. The highest BCUT2D eigenvalue weighted by Crippen LogP contribution is 2.59. The zero-order valence-electron chi connectivity index (χ0n) is 15.1. The van der Waals surface area contributed by atoms with Crippen LogP contribution in [0.15, 0.2) is 65.6 Å². The molecule has 0 aromatic heterocycles. The maximum Gasteiger partial charge on any atom is 0.264 e. The van der Waals surface area contributed by atoms with Crippen LogP contribution in [0.5, 0.6) is 0 Å². The van der Waals surface area contributed by atoms with Gasteiger partial charge in [0.05, 0.1) is 22.0 Å². The Morgan fingerprint density at radius 3 is 2.44 bits per heavy atom. The molecule has 138 valence electrons. The first-order valence-corrected chi connectivity index (χ1v) is 10.8. The molecule has 2 aromatic carbocycles. The van der Waals surface area contributed by atoms with E-state index in [1.807, 2.05) is 43.3 Å². The van der Waals surface area contributed by atoms with Crippen LogP contribution < -0.4 is 4.31 Å². The standard InChI is InChI=1S/C22H21NO3S/c1-15-6-12-18(13-7-15)27(25,26)23-20-5-3-2-4-19(20)22(14-24)17-10-8-16(9-11-17)21(22)23/h2-8,10,12-14,16-17,21H,9,11H2,1H3/t16-,17+,21+,22+/m1/s1. The number of para-hydroxylation sites is 1. The van der Waals surface area contributed by atoms with Crippen molar-refractivity contribution >= 4 is 22.0 Å². The minimum Gasteiger partial charge on any atom is -0.302 e. The van der Waals surface area contributed by atoms with Crippen molar-refractivity contribution in [2.45, 2.75) is 36.1 Å². The van der Waals surface area contributed by atoms with Crippen LogP contribution in [-0.4, -0.2) is 20.7 Å². The maximum atomic E-state index is 13.7. The molecule has 0 spiro atoms. The third-order valence-electron chi connectivity index (χ3n) is 6.54. The molecular formula is C22H21NO3S. The second-order valence-corrected chi connectivity index (χ2v) is 9.67. The number of sulfonamides is 1. The van der Waals surface area contributed by atoms with Crippen LogP contribution in [0.1, 0.15) is 24.0 Å². The molecule has 3 aliphatic carbocycles. The molecule has 5 heteroatoms. The summed E-state index contributed by atoms with van der Waals surface area (Å²) in [6, 6.07) is 14.1. The summed E-state index contributed by atoms with van der Waals surface area (Å²) < 4.78 is 28.9. The molecule has 4 aliphatic rings. The highest BCUT2D eigenvalue weighted by molar-refractivity contribution is 7.93. The first-order valence-electron chi connectivity index (χ1n) is 9.35. The number of hydrogen-bond acceptors (Lipinski definition) is 3. The van der Waals surface area contributed by atoms with Gasteiger partial charge in [0.25, 0.3) is 10.0 Å². The van der Waals surface area contributed by atoms with E-state index in [-0.39, 0.29) is 22.8 Å². The molecule has 1 aliphatic heterocycles. The summed E-state index contributed by atoms with van der Waals surface area (Å²) in [6.45, 7) is 1.93.